The van der Waals surface area contributed by atoms with E-state index in [1.807, 2.05) is 37.3 Å². The molecule has 0 amide bonds. The van der Waals surface area contributed by atoms with Gasteiger partial charge in [-0.05, 0) is 24.6 Å². The Morgan fingerprint density at radius 3 is 2.00 bits per heavy atom. The summed E-state index contributed by atoms with van der Waals surface area (Å²) in [5.41, 5.74) is 2.69. The van der Waals surface area contributed by atoms with E-state index in [0.29, 0.717) is 16.8 Å². The van der Waals surface area contributed by atoms with Gasteiger partial charge in [-0.25, -0.2) is 0 Å². The molecule has 1 atom stereocenters. The van der Waals surface area contributed by atoms with Crippen molar-refractivity contribution in [1.29, 1.82) is 10.5 Å². The van der Waals surface area contributed by atoms with Gasteiger partial charge in [-0.2, -0.15) is 10.5 Å². The van der Waals surface area contributed by atoms with E-state index in [0.717, 1.165) is 5.56 Å². The van der Waals surface area contributed by atoms with Crippen molar-refractivity contribution in [3.05, 3.63) is 65.2 Å². The highest BCUT2D eigenvalue weighted by atomic mass is 14.9. The topological polar surface area (TPSA) is 59.6 Å². The molecule has 0 saturated carbocycles. The number of para-hydroxylation sites is 1. The molecule has 0 saturated heterocycles. The molecule has 19 heavy (non-hydrogen) atoms. The van der Waals surface area contributed by atoms with Gasteiger partial charge >= 0.3 is 0 Å². The molecule has 1 N–H and O–H groups in total. The first-order valence-corrected chi connectivity index (χ1v) is 6.01. The Morgan fingerprint density at radius 2 is 1.47 bits per heavy atom. The Bertz CT molecular complexity index is 616. The van der Waals surface area contributed by atoms with Crippen LogP contribution >= 0.6 is 0 Å². The zero-order valence-corrected chi connectivity index (χ0v) is 10.6. The maximum Gasteiger partial charge on any atom is 0.101 e. The molecule has 0 fully saturated rings. The molecule has 0 spiro atoms. The first kappa shape index (κ1) is 12.7. The molecule has 92 valence electrons. The van der Waals surface area contributed by atoms with Crippen molar-refractivity contribution >= 4 is 5.69 Å². The van der Waals surface area contributed by atoms with Crippen LogP contribution in [0.2, 0.25) is 0 Å². The summed E-state index contributed by atoms with van der Waals surface area (Å²) in [6.07, 6.45) is 0. The molecule has 3 nitrogen and oxygen atoms in total. The molecular weight excluding hydrogens is 234 g/mol. The summed E-state index contributed by atoms with van der Waals surface area (Å²) in [5.74, 6) is 0. The van der Waals surface area contributed by atoms with Crippen molar-refractivity contribution < 1.29 is 0 Å². The van der Waals surface area contributed by atoms with Crippen LogP contribution in [0.15, 0.2) is 48.5 Å². The van der Waals surface area contributed by atoms with Gasteiger partial charge in [0, 0.05) is 6.04 Å². The van der Waals surface area contributed by atoms with Crippen LogP contribution in [0.25, 0.3) is 0 Å². The first-order chi connectivity index (χ1) is 9.26. The summed E-state index contributed by atoms with van der Waals surface area (Å²) < 4.78 is 0. The summed E-state index contributed by atoms with van der Waals surface area (Å²) in [6.45, 7) is 2.00. The second-order valence-electron chi connectivity index (χ2n) is 4.23. The minimum absolute atomic E-state index is 0.0304. The van der Waals surface area contributed by atoms with E-state index >= 15 is 0 Å². The van der Waals surface area contributed by atoms with E-state index in [4.69, 9.17) is 10.5 Å². The minimum atomic E-state index is 0.0304. The fraction of sp³-hybridized carbons (Fsp3) is 0.125. The van der Waals surface area contributed by atoms with Crippen molar-refractivity contribution in [2.24, 2.45) is 0 Å². The van der Waals surface area contributed by atoms with Gasteiger partial charge in [-0.1, -0.05) is 36.4 Å². The predicted octanol–water partition coefficient (Wildman–Crippen LogP) is 3.60. The third-order valence-electron chi connectivity index (χ3n) is 2.97. The van der Waals surface area contributed by atoms with E-state index < -0.39 is 0 Å². The summed E-state index contributed by atoms with van der Waals surface area (Å²) in [7, 11) is 0. The molecule has 0 radical (unpaired) electrons. The monoisotopic (exact) mass is 247 g/mol. The molecule has 0 aromatic heterocycles. The van der Waals surface area contributed by atoms with Crippen molar-refractivity contribution in [3.63, 3.8) is 0 Å². The Hall–Kier alpha value is -2.78. The number of anilines is 1. The zero-order chi connectivity index (χ0) is 13.7. The number of hydrogen-bond donors (Lipinski definition) is 1. The van der Waals surface area contributed by atoms with Crippen LogP contribution in [0, 0.1) is 22.7 Å². The van der Waals surface area contributed by atoms with E-state index in [-0.39, 0.29) is 6.04 Å². The fourth-order valence-electron chi connectivity index (χ4n) is 1.94. The van der Waals surface area contributed by atoms with Gasteiger partial charge in [0.25, 0.3) is 0 Å². The molecule has 2 aromatic rings. The maximum absolute atomic E-state index is 9.12. The van der Waals surface area contributed by atoms with Crippen LogP contribution < -0.4 is 5.32 Å². The largest absolute Gasteiger partial charge is 0.376 e. The van der Waals surface area contributed by atoms with E-state index in [2.05, 4.69) is 17.5 Å². The summed E-state index contributed by atoms with van der Waals surface area (Å²) in [4.78, 5) is 0. The van der Waals surface area contributed by atoms with Crippen molar-refractivity contribution in [1.82, 2.24) is 0 Å². The van der Waals surface area contributed by atoms with Gasteiger partial charge < -0.3 is 5.32 Å². The first-order valence-electron chi connectivity index (χ1n) is 6.01. The fourth-order valence-corrected chi connectivity index (χ4v) is 1.94. The zero-order valence-electron chi connectivity index (χ0n) is 10.6. The molecule has 0 aliphatic heterocycles. The summed E-state index contributed by atoms with van der Waals surface area (Å²) in [6, 6.07) is 19.3. The Labute approximate surface area is 112 Å². The summed E-state index contributed by atoms with van der Waals surface area (Å²) >= 11 is 0. The van der Waals surface area contributed by atoms with Crippen LogP contribution in [0.5, 0.6) is 0 Å². The quantitative estimate of drug-likeness (QED) is 0.901. The van der Waals surface area contributed by atoms with Gasteiger partial charge in [-0.15, -0.1) is 0 Å². The Balaban J connectivity index is 2.34. The van der Waals surface area contributed by atoms with Crippen molar-refractivity contribution in [2.75, 3.05) is 5.32 Å². The lowest BCUT2D eigenvalue weighted by Gasteiger charge is -2.17. The highest BCUT2D eigenvalue weighted by Crippen LogP contribution is 2.25. The third-order valence-corrected chi connectivity index (χ3v) is 2.97. The number of nitrogens with one attached hydrogen (secondary N) is 1. The molecular formula is C16H13N3. The van der Waals surface area contributed by atoms with Crippen molar-refractivity contribution in [3.8, 4) is 12.1 Å². The smallest absolute Gasteiger partial charge is 0.101 e. The van der Waals surface area contributed by atoms with Crippen LogP contribution in [-0.4, -0.2) is 0 Å². The average molecular weight is 247 g/mol. The molecule has 2 aromatic carbocycles. The van der Waals surface area contributed by atoms with Crippen LogP contribution in [-0.2, 0) is 0 Å². The van der Waals surface area contributed by atoms with E-state index in [1.54, 1.807) is 18.2 Å². The molecule has 0 aliphatic rings. The van der Waals surface area contributed by atoms with Crippen molar-refractivity contribution in [2.45, 2.75) is 13.0 Å². The number of hydrogen-bond acceptors (Lipinski definition) is 3. The number of nitrogens with zero attached hydrogens (tertiary/aromatic N) is 2. The Kier molecular flexibility index (Phi) is 3.81. The van der Waals surface area contributed by atoms with E-state index in [9.17, 15) is 0 Å². The third kappa shape index (κ3) is 2.73. The van der Waals surface area contributed by atoms with E-state index in [1.165, 1.54) is 0 Å². The molecule has 3 heteroatoms. The van der Waals surface area contributed by atoms with Gasteiger partial charge in [0.2, 0.25) is 0 Å². The molecule has 0 aliphatic carbocycles. The second kappa shape index (κ2) is 5.71. The predicted molar refractivity (Wildman–Crippen MR) is 74.4 cm³/mol. The van der Waals surface area contributed by atoms with Gasteiger partial charge in [-0.3, -0.25) is 0 Å². The highest BCUT2D eigenvalue weighted by molar-refractivity contribution is 5.67. The standard InChI is InChI=1S/C16H13N3/c1-12(13-6-3-2-4-7-13)19-16-14(10-17)8-5-9-15(16)11-18/h2-9,12,19H,1H3. The number of benzene rings is 2. The molecule has 0 bridgehead atoms. The lowest BCUT2D eigenvalue weighted by molar-refractivity contribution is 0.883. The lowest BCUT2D eigenvalue weighted by atomic mass is 10.0. The lowest BCUT2D eigenvalue weighted by Crippen LogP contribution is -2.09. The SMILES string of the molecule is CC(Nc1c(C#N)cccc1C#N)c1ccccc1. The molecule has 1 unspecified atom stereocenters. The Morgan fingerprint density at radius 1 is 0.895 bits per heavy atom. The van der Waals surface area contributed by atoms with Gasteiger partial charge in [0.1, 0.15) is 12.1 Å². The van der Waals surface area contributed by atoms with Crippen LogP contribution in [0.4, 0.5) is 5.69 Å². The van der Waals surface area contributed by atoms with Gasteiger partial charge in [0.15, 0.2) is 0 Å². The van der Waals surface area contributed by atoms with Crippen LogP contribution in [0.3, 0.4) is 0 Å². The maximum atomic E-state index is 9.12. The van der Waals surface area contributed by atoms with Crippen LogP contribution in [0.1, 0.15) is 29.7 Å². The average Bonchev–Trinajstić information content (AvgIpc) is 2.48. The highest BCUT2D eigenvalue weighted by Gasteiger charge is 2.11. The van der Waals surface area contributed by atoms with Gasteiger partial charge in [0.05, 0.1) is 16.8 Å². The minimum Gasteiger partial charge on any atom is -0.376 e. The molecule has 0 heterocycles. The normalized spacial score (nSPS) is 11.1. The summed E-state index contributed by atoms with van der Waals surface area (Å²) in [5, 5.41) is 21.5. The second-order valence-corrected chi connectivity index (χ2v) is 4.23. The molecule has 2 rings (SSSR count). The number of nitriles is 2. The number of rotatable bonds is 3.